The maximum absolute atomic E-state index is 11.1. The zero-order chi connectivity index (χ0) is 26.5. The first kappa shape index (κ1) is 28.6. The molecule has 4 aromatic rings. The standard InChI is InChI=1S/C27H24N4O6S.Na/c1-2-35-24-14-29-25(37-24)20-12-22(18-3-5-19(6-4-18)31-7-9-34-10-8-31)30-26(21(20)13-28)36-15-17-11-23(27(32)33)38-16-17;/h3-6,11-12,14,16H,2,7-10,15H2,1H3,(H,32,33);/q;+1/p-1. The molecule has 1 aliphatic rings. The molecule has 0 bridgehead atoms. The third-order valence-corrected chi connectivity index (χ3v) is 6.83. The van der Waals surface area contributed by atoms with E-state index in [-0.39, 0.29) is 64.3 Å². The van der Waals surface area contributed by atoms with Crippen LogP contribution in [0, 0.1) is 11.3 Å². The van der Waals surface area contributed by atoms with Crippen molar-refractivity contribution in [3.05, 3.63) is 64.0 Å². The van der Waals surface area contributed by atoms with Gasteiger partial charge in [-0.05, 0) is 36.6 Å². The molecule has 0 unspecified atom stereocenters. The summed E-state index contributed by atoms with van der Waals surface area (Å²) < 4.78 is 22.5. The number of aromatic carboxylic acids is 1. The molecule has 0 amide bonds. The van der Waals surface area contributed by atoms with Gasteiger partial charge in [0, 0.05) is 29.9 Å². The summed E-state index contributed by atoms with van der Waals surface area (Å²) in [6, 6.07) is 13.3. The zero-order valence-electron chi connectivity index (χ0n) is 21.5. The molecule has 0 N–H and O–H groups in total. The Morgan fingerprint density at radius 2 is 1.97 bits per heavy atom. The first-order chi connectivity index (χ1) is 18.6. The number of pyridine rings is 1. The van der Waals surface area contributed by atoms with Gasteiger partial charge in [0.2, 0.25) is 11.8 Å². The first-order valence-electron chi connectivity index (χ1n) is 11.9. The number of hydrogen-bond acceptors (Lipinski definition) is 11. The average Bonchev–Trinajstić information content (AvgIpc) is 3.62. The van der Waals surface area contributed by atoms with Crippen LogP contribution in [0.1, 0.15) is 27.7 Å². The van der Waals surface area contributed by atoms with Crippen LogP contribution in [0.5, 0.6) is 11.8 Å². The molecule has 1 saturated heterocycles. The van der Waals surface area contributed by atoms with Crippen molar-refractivity contribution in [3.8, 4) is 40.6 Å². The Kier molecular flexibility index (Phi) is 9.61. The van der Waals surface area contributed by atoms with E-state index >= 15 is 0 Å². The summed E-state index contributed by atoms with van der Waals surface area (Å²) in [6.45, 7) is 5.28. The number of nitrogens with zero attached hydrogens (tertiary/aromatic N) is 4. The molecule has 0 spiro atoms. The van der Waals surface area contributed by atoms with Crippen LogP contribution in [0.25, 0.3) is 22.7 Å². The van der Waals surface area contributed by atoms with E-state index in [1.165, 1.54) is 12.3 Å². The maximum Gasteiger partial charge on any atom is 1.00 e. The molecule has 5 rings (SSSR count). The molecule has 0 saturated carbocycles. The second-order valence-electron chi connectivity index (χ2n) is 8.31. The summed E-state index contributed by atoms with van der Waals surface area (Å²) in [5, 5.41) is 22.8. The molecule has 0 radical (unpaired) electrons. The van der Waals surface area contributed by atoms with E-state index in [0.717, 1.165) is 35.7 Å². The number of carboxylic acids is 1. The van der Waals surface area contributed by atoms with Crippen LogP contribution in [0.2, 0.25) is 0 Å². The van der Waals surface area contributed by atoms with E-state index in [1.807, 2.05) is 31.2 Å². The Labute approximate surface area is 251 Å². The molecule has 12 heteroatoms. The summed E-state index contributed by atoms with van der Waals surface area (Å²) >= 11 is 1.04. The Balaban J connectivity index is 0.00000353. The predicted molar refractivity (Wildman–Crippen MR) is 137 cm³/mol. The quantitative estimate of drug-likeness (QED) is 0.270. The summed E-state index contributed by atoms with van der Waals surface area (Å²) in [6.07, 6.45) is 1.45. The molecular weight excluding hydrogens is 531 g/mol. The summed E-state index contributed by atoms with van der Waals surface area (Å²) in [4.78, 5) is 22.4. The number of ether oxygens (including phenoxy) is 3. The van der Waals surface area contributed by atoms with E-state index in [1.54, 1.807) is 11.4 Å². The van der Waals surface area contributed by atoms with Crippen LogP contribution < -0.4 is 49.0 Å². The number of oxazole rings is 1. The van der Waals surface area contributed by atoms with Crippen LogP contribution in [0.3, 0.4) is 0 Å². The normalized spacial score (nSPS) is 12.9. The van der Waals surface area contributed by atoms with Gasteiger partial charge < -0.3 is 33.4 Å². The second-order valence-corrected chi connectivity index (χ2v) is 9.22. The van der Waals surface area contributed by atoms with E-state index in [9.17, 15) is 15.2 Å². The van der Waals surface area contributed by atoms with Gasteiger partial charge in [0.1, 0.15) is 24.4 Å². The van der Waals surface area contributed by atoms with Crippen molar-refractivity contribution in [3.63, 3.8) is 0 Å². The van der Waals surface area contributed by atoms with Gasteiger partial charge in [0.25, 0.3) is 0 Å². The minimum absolute atomic E-state index is 0. The van der Waals surface area contributed by atoms with Crippen molar-refractivity contribution in [1.29, 1.82) is 5.26 Å². The van der Waals surface area contributed by atoms with Gasteiger partial charge in [0.05, 0.1) is 41.9 Å². The number of benzene rings is 1. The summed E-state index contributed by atoms with van der Waals surface area (Å²) in [7, 11) is 0. The van der Waals surface area contributed by atoms with Gasteiger partial charge in [-0.1, -0.05) is 12.1 Å². The largest absolute Gasteiger partial charge is 1.00 e. The minimum Gasteiger partial charge on any atom is -0.544 e. The number of carboxylic acid groups (broad SMARTS) is 1. The Morgan fingerprint density at radius 1 is 1.21 bits per heavy atom. The Bertz CT molecular complexity index is 1470. The summed E-state index contributed by atoms with van der Waals surface area (Å²) in [5.41, 5.74) is 3.60. The van der Waals surface area contributed by atoms with E-state index < -0.39 is 5.97 Å². The van der Waals surface area contributed by atoms with Crippen molar-refractivity contribution >= 4 is 23.0 Å². The molecule has 3 aromatic heterocycles. The van der Waals surface area contributed by atoms with Gasteiger partial charge >= 0.3 is 35.5 Å². The zero-order valence-corrected chi connectivity index (χ0v) is 24.3. The number of thiophene rings is 1. The molecular formula is C27H23N4NaO6S. The number of anilines is 1. The van der Waals surface area contributed by atoms with Gasteiger partial charge in [-0.3, -0.25) is 0 Å². The average molecular weight is 555 g/mol. The van der Waals surface area contributed by atoms with Crippen molar-refractivity contribution in [1.82, 2.24) is 9.97 Å². The van der Waals surface area contributed by atoms with E-state index in [0.29, 0.717) is 36.6 Å². The fraction of sp³-hybridized carbons (Fsp3) is 0.259. The molecule has 1 aromatic carbocycles. The van der Waals surface area contributed by atoms with Crippen LogP contribution in [0.15, 0.2) is 52.4 Å². The molecule has 1 aliphatic heterocycles. The fourth-order valence-electron chi connectivity index (χ4n) is 4.02. The molecule has 0 atom stereocenters. The number of morpholine rings is 1. The molecule has 194 valence electrons. The number of rotatable bonds is 9. The fourth-order valence-corrected chi connectivity index (χ4v) is 4.75. The number of carbonyl (C=O) groups excluding carboxylic acids is 1. The minimum atomic E-state index is -1.25. The topological polar surface area (TPSA) is 134 Å². The third-order valence-electron chi connectivity index (χ3n) is 5.87. The molecule has 39 heavy (non-hydrogen) atoms. The molecule has 0 aliphatic carbocycles. The second kappa shape index (κ2) is 13.1. The predicted octanol–water partition coefficient (Wildman–Crippen LogP) is 0.519. The Hall–Kier alpha value is -3.40. The maximum atomic E-state index is 11.1. The van der Waals surface area contributed by atoms with Gasteiger partial charge in [-0.2, -0.15) is 5.26 Å². The Morgan fingerprint density at radius 3 is 2.64 bits per heavy atom. The molecule has 1 fully saturated rings. The van der Waals surface area contributed by atoms with Crippen molar-refractivity contribution < 1.29 is 58.1 Å². The van der Waals surface area contributed by atoms with Crippen LogP contribution in [-0.4, -0.2) is 48.8 Å². The number of nitriles is 1. The van der Waals surface area contributed by atoms with Crippen LogP contribution in [0.4, 0.5) is 5.69 Å². The van der Waals surface area contributed by atoms with Gasteiger partial charge in [0.15, 0.2) is 0 Å². The van der Waals surface area contributed by atoms with Crippen molar-refractivity contribution in [2.24, 2.45) is 0 Å². The van der Waals surface area contributed by atoms with E-state index in [2.05, 4.69) is 20.9 Å². The number of carbonyl (C=O) groups is 1. The smallest absolute Gasteiger partial charge is 0.544 e. The molecule has 4 heterocycles. The van der Waals surface area contributed by atoms with Crippen molar-refractivity contribution in [2.75, 3.05) is 37.8 Å². The third kappa shape index (κ3) is 6.61. The van der Waals surface area contributed by atoms with Crippen LogP contribution >= 0.6 is 11.3 Å². The first-order valence-corrected chi connectivity index (χ1v) is 12.8. The number of aromatic nitrogens is 2. The monoisotopic (exact) mass is 554 g/mol. The molecule has 10 nitrogen and oxygen atoms in total. The van der Waals surface area contributed by atoms with E-state index in [4.69, 9.17) is 18.6 Å². The summed E-state index contributed by atoms with van der Waals surface area (Å²) in [5.74, 6) is -0.751. The van der Waals surface area contributed by atoms with Crippen molar-refractivity contribution in [2.45, 2.75) is 13.5 Å². The van der Waals surface area contributed by atoms with Crippen LogP contribution in [-0.2, 0) is 11.3 Å². The van der Waals surface area contributed by atoms with Gasteiger partial charge in [-0.25, -0.2) is 9.97 Å². The number of hydrogen-bond donors (Lipinski definition) is 0. The van der Waals surface area contributed by atoms with Gasteiger partial charge in [-0.15, -0.1) is 11.3 Å². The SMILES string of the molecule is CCOc1cnc(-c2cc(-c3ccc(N4CCOCC4)cc3)nc(OCc3csc(C(=O)[O-])c3)c2C#N)o1.[Na+].